The zero-order chi connectivity index (χ0) is 17.2. The largest absolute Gasteiger partial charge is 0.493 e. The van der Waals surface area contributed by atoms with E-state index >= 15 is 0 Å². The summed E-state index contributed by atoms with van der Waals surface area (Å²) in [5.41, 5.74) is 4.58. The second-order valence-corrected chi connectivity index (χ2v) is 7.10. The Balaban J connectivity index is 1.49. The van der Waals surface area contributed by atoms with Gasteiger partial charge >= 0.3 is 0 Å². The Morgan fingerprint density at radius 3 is 3.16 bits per heavy atom. The molecule has 0 radical (unpaired) electrons. The van der Waals surface area contributed by atoms with Crippen molar-refractivity contribution in [2.45, 2.75) is 45.3 Å². The first-order valence-corrected chi connectivity index (χ1v) is 9.13. The predicted octanol–water partition coefficient (Wildman–Crippen LogP) is 2.59. The van der Waals surface area contributed by atoms with Crippen molar-refractivity contribution < 1.29 is 9.84 Å². The lowest BCUT2D eigenvalue weighted by Crippen LogP contribution is -2.34. The lowest BCUT2D eigenvalue weighted by atomic mass is 9.91. The zero-order valence-electron chi connectivity index (χ0n) is 14.7. The molecule has 1 unspecified atom stereocenters. The maximum atomic E-state index is 9.63. The number of aryl methyl sites for hydroxylation is 1. The molecule has 2 aliphatic heterocycles. The summed E-state index contributed by atoms with van der Waals surface area (Å²) in [5, 5.41) is 9.63. The Morgan fingerprint density at radius 1 is 1.36 bits per heavy atom. The van der Waals surface area contributed by atoms with Crippen LogP contribution in [-0.2, 0) is 19.6 Å². The van der Waals surface area contributed by atoms with E-state index < -0.39 is 0 Å². The molecule has 2 aromatic rings. The van der Waals surface area contributed by atoms with Gasteiger partial charge < -0.3 is 9.84 Å². The summed E-state index contributed by atoms with van der Waals surface area (Å²) >= 11 is 0. The zero-order valence-corrected chi connectivity index (χ0v) is 14.7. The standard InChI is InChI=1S/C20H25N3O2/c1-14-21-10-18(13-24)20(22-14)17-3-2-7-23(12-17)11-15-4-5-19-16(9-15)6-8-25-19/h4-5,9-10,17,24H,2-3,6-8,11-13H2,1H3. The van der Waals surface area contributed by atoms with Gasteiger partial charge in [0.25, 0.3) is 0 Å². The van der Waals surface area contributed by atoms with Gasteiger partial charge in [-0.2, -0.15) is 0 Å². The van der Waals surface area contributed by atoms with Gasteiger partial charge in [-0.3, -0.25) is 4.90 Å². The molecule has 4 rings (SSSR count). The predicted molar refractivity (Wildman–Crippen MR) is 95.6 cm³/mol. The Morgan fingerprint density at radius 2 is 2.28 bits per heavy atom. The minimum atomic E-state index is 0.0108. The van der Waals surface area contributed by atoms with Crippen molar-refractivity contribution in [2.75, 3.05) is 19.7 Å². The topological polar surface area (TPSA) is 58.5 Å². The molecule has 0 aliphatic carbocycles. The molecule has 1 fully saturated rings. The smallest absolute Gasteiger partial charge is 0.125 e. The summed E-state index contributed by atoms with van der Waals surface area (Å²) in [4.78, 5) is 11.4. The highest BCUT2D eigenvalue weighted by Gasteiger charge is 2.25. The van der Waals surface area contributed by atoms with E-state index in [4.69, 9.17) is 4.74 Å². The molecule has 0 spiro atoms. The van der Waals surface area contributed by atoms with Crippen LogP contribution in [0.25, 0.3) is 0 Å². The minimum absolute atomic E-state index is 0.0108. The number of benzene rings is 1. The number of hydrogen-bond donors (Lipinski definition) is 1. The van der Waals surface area contributed by atoms with Gasteiger partial charge in [-0.15, -0.1) is 0 Å². The Bertz CT molecular complexity index is 763. The van der Waals surface area contributed by atoms with E-state index in [1.807, 2.05) is 6.92 Å². The average molecular weight is 339 g/mol. The van der Waals surface area contributed by atoms with E-state index in [2.05, 4.69) is 33.1 Å². The molecular weight excluding hydrogens is 314 g/mol. The Hall–Kier alpha value is -1.98. The maximum Gasteiger partial charge on any atom is 0.125 e. The van der Waals surface area contributed by atoms with Crippen molar-refractivity contribution in [3.05, 3.63) is 52.6 Å². The van der Waals surface area contributed by atoms with Gasteiger partial charge in [-0.1, -0.05) is 12.1 Å². The molecular formula is C20H25N3O2. The first-order chi connectivity index (χ1) is 12.2. The molecule has 0 saturated carbocycles. The molecule has 0 amide bonds. The molecule has 1 saturated heterocycles. The minimum Gasteiger partial charge on any atom is -0.493 e. The number of fused-ring (bicyclic) bond motifs is 1. The number of ether oxygens (including phenoxy) is 1. The molecule has 2 aliphatic rings. The molecule has 3 heterocycles. The molecule has 132 valence electrons. The van der Waals surface area contributed by atoms with Gasteiger partial charge in [0.1, 0.15) is 11.6 Å². The van der Waals surface area contributed by atoms with Gasteiger partial charge in [0, 0.05) is 37.2 Å². The quantitative estimate of drug-likeness (QED) is 0.928. The van der Waals surface area contributed by atoms with Crippen LogP contribution >= 0.6 is 0 Å². The molecule has 0 bridgehead atoms. The summed E-state index contributed by atoms with van der Waals surface area (Å²) in [5.74, 6) is 2.20. The number of rotatable bonds is 4. The number of likely N-dealkylation sites (tertiary alicyclic amines) is 1. The van der Waals surface area contributed by atoms with E-state index in [9.17, 15) is 5.11 Å². The van der Waals surface area contributed by atoms with Crippen LogP contribution in [-0.4, -0.2) is 39.7 Å². The van der Waals surface area contributed by atoms with Crippen LogP contribution in [0.4, 0.5) is 0 Å². The first kappa shape index (κ1) is 16.5. The van der Waals surface area contributed by atoms with Crippen molar-refractivity contribution >= 4 is 0 Å². The maximum absolute atomic E-state index is 9.63. The van der Waals surface area contributed by atoms with Crippen LogP contribution in [0.15, 0.2) is 24.4 Å². The van der Waals surface area contributed by atoms with E-state index in [-0.39, 0.29) is 6.61 Å². The van der Waals surface area contributed by atoms with Crippen molar-refractivity contribution in [1.82, 2.24) is 14.9 Å². The Labute approximate surface area is 148 Å². The highest BCUT2D eigenvalue weighted by Crippen LogP contribution is 2.30. The average Bonchev–Trinajstić information content (AvgIpc) is 3.10. The van der Waals surface area contributed by atoms with Crippen LogP contribution in [0.2, 0.25) is 0 Å². The van der Waals surface area contributed by atoms with Gasteiger partial charge in [0.15, 0.2) is 0 Å². The van der Waals surface area contributed by atoms with Gasteiger partial charge in [-0.25, -0.2) is 9.97 Å². The monoisotopic (exact) mass is 339 g/mol. The highest BCUT2D eigenvalue weighted by molar-refractivity contribution is 5.39. The van der Waals surface area contributed by atoms with Crippen molar-refractivity contribution in [2.24, 2.45) is 0 Å². The molecule has 1 aromatic heterocycles. The molecule has 1 N–H and O–H groups in total. The number of nitrogens with zero attached hydrogens (tertiary/aromatic N) is 3. The lowest BCUT2D eigenvalue weighted by molar-refractivity contribution is 0.196. The number of aliphatic hydroxyl groups excluding tert-OH is 1. The summed E-state index contributed by atoms with van der Waals surface area (Å²) in [6.07, 6.45) is 5.08. The van der Waals surface area contributed by atoms with Crippen molar-refractivity contribution in [3.63, 3.8) is 0 Å². The van der Waals surface area contributed by atoms with Crippen LogP contribution in [0, 0.1) is 6.92 Å². The van der Waals surface area contributed by atoms with E-state index in [0.29, 0.717) is 5.92 Å². The van der Waals surface area contributed by atoms with Crippen LogP contribution in [0.5, 0.6) is 5.75 Å². The van der Waals surface area contributed by atoms with Gasteiger partial charge in [-0.05, 0) is 43.5 Å². The summed E-state index contributed by atoms with van der Waals surface area (Å²) < 4.78 is 5.60. The normalized spacial score (nSPS) is 20.3. The number of aromatic nitrogens is 2. The van der Waals surface area contributed by atoms with E-state index in [1.165, 1.54) is 11.1 Å². The Kier molecular flexibility index (Phi) is 4.68. The highest BCUT2D eigenvalue weighted by atomic mass is 16.5. The van der Waals surface area contributed by atoms with E-state index in [0.717, 1.165) is 68.3 Å². The van der Waals surface area contributed by atoms with Crippen LogP contribution in [0.3, 0.4) is 0 Å². The third-order valence-corrected chi connectivity index (χ3v) is 5.24. The number of hydrogen-bond acceptors (Lipinski definition) is 5. The molecule has 1 aromatic carbocycles. The third kappa shape index (κ3) is 3.53. The molecule has 5 heteroatoms. The van der Waals surface area contributed by atoms with Crippen molar-refractivity contribution in [1.29, 1.82) is 0 Å². The number of piperidine rings is 1. The number of aliphatic hydroxyl groups is 1. The van der Waals surface area contributed by atoms with Crippen molar-refractivity contribution in [3.8, 4) is 5.75 Å². The summed E-state index contributed by atoms with van der Waals surface area (Å²) in [6.45, 7) is 5.79. The third-order valence-electron chi connectivity index (χ3n) is 5.24. The van der Waals surface area contributed by atoms with Crippen LogP contribution < -0.4 is 4.74 Å². The fourth-order valence-corrected chi connectivity index (χ4v) is 4.01. The SMILES string of the molecule is Cc1ncc(CO)c(C2CCCN(Cc3ccc4c(c3)CCO4)C2)n1. The first-order valence-electron chi connectivity index (χ1n) is 9.13. The fourth-order valence-electron chi connectivity index (χ4n) is 4.01. The molecule has 25 heavy (non-hydrogen) atoms. The summed E-state index contributed by atoms with van der Waals surface area (Å²) in [6, 6.07) is 6.58. The fraction of sp³-hybridized carbons (Fsp3) is 0.500. The molecule has 5 nitrogen and oxygen atoms in total. The lowest BCUT2D eigenvalue weighted by Gasteiger charge is -2.33. The van der Waals surface area contributed by atoms with Crippen LogP contribution in [0.1, 0.15) is 47.0 Å². The second-order valence-electron chi connectivity index (χ2n) is 7.10. The second kappa shape index (κ2) is 7.10. The van der Waals surface area contributed by atoms with Gasteiger partial charge in [0.05, 0.1) is 18.9 Å². The van der Waals surface area contributed by atoms with E-state index in [1.54, 1.807) is 6.20 Å². The van der Waals surface area contributed by atoms with Gasteiger partial charge in [0.2, 0.25) is 0 Å². The summed E-state index contributed by atoms with van der Waals surface area (Å²) in [7, 11) is 0. The molecule has 1 atom stereocenters.